The molecule has 1 aliphatic carbocycles. The van der Waals surface area contributed by atoms with E-state index < -0.39 is 21.5 Å². The van der Waals surface area contributed by atoms with Crippen molar-refractivity contribution in [2.24, 2.45) is 0 Å². The van der Waals surface area contributed by atoms with E-state index in [1.54, 1.807) is 18.7 Å². The quantitative estimate of drug-likeness (QED) is 0.190. The standard InChI is InChI=1S/C41H47Cl4N3O4/c1-25-10-11-26(2)36(27(25)3)51-21-17-28-12-14-29(15-13-28)32-22-31-23-46-24-34(48(31)38(50)52-39(4,5)41(43,44)45)35(32)37(49)47-40(19-20-40)18-16-30-8-6-7-9-33(30)42/h6-15,31,34,46H,16-24H2,1-5H3,(H,47,49)/t31?,34-/m1/s1. The van der Waals surface area contributed by atoms with Crippen LogP contribution in [-0.4, -0.2) is 63.6 Å². The molecule has 278 valence electrons. The van der Waals surface area contributed by atoms with Crippen LogP contribution in [0.25, 0.3) is 5.57 Å². The number of carbonyl (C=O) groups excluding carboxylic acids is 2. The summed E-state index contributed by atoms with van der Waals surface area (Å²) in [6, 6.07) is 19.5. The van der Waals surface area contributed by atoms with Gasteiger partial charge in [-0.2, -0.15) is 0 Å². The highest BCUT2D eigenvalue weighted by molar-refractivity contribution is 6.68. The van der Waals surface area contributed by atoms with Crippen LogP contribution in [-0.2, 0) is 22.4 Å². The van der Waals surface area contributed by atoms with Crippen molar-refractivity contribution in [1.29, 1.82) is 0 Å². The molecule has 3 aliphatic rings. The second-order valence-corrected chi connectivity index (χ2v) is 17.7. The molecule has 52 heavy (non-hydrogen) atoms. The monoisotopic (exact) mass is 785 g/mol. The molecule has 1 saturated carbocycles. The molecule has 0 aromatic heterocycles. The lowest BCUT2D eigenvalue weighted by atomic mass is 9.81. The van der Waals surface area contributed by atoms with Crippen LogP contribution in [0.3, 0.4) is 0 Å². The number of rotatable bonds is 11. The number of alkyl halides is 3. The smallest absolute Gasteiger partial charge is 0.411 e. The van der Waals surface area contributed by atoms with Gasteiger partial charge in [0, 0.05) is 35.6 Å². The van der Waals surface area contributed by atoms with Gasteiger partial charge in [0.15, 0.2) is 5.60 Å². The van der Waals surface area contributed by atoms with Gasteiger partial charge in [0.25, 0.3) is 0 Å². The van der Waals surface area contributed by atoms with Gasteiger partial charge in [-0.1, -0.05) is 101 Å². The van der Waals surface area contributed by atoms with E-state index in [0.717, 1.165) is 76.3 Å². The molecule has 1 saturated heterocycles. The molecule has 2 atom stereocenters. The van der Waals surface area contributed by atoms with Gasteiger partial charge in [0.05, 0.1) is 18.7 Å². The molecule has 2 heterocycles. The number of fused-ring (bicyclic) bond motifs is 2. The first kappa shape index (κ1) is 38.8. The van der Waals surface area contributed by atoms with Gasteiger partial charge in [-0.05, 0) is 112 Å². The highest BCUT2D eigenvalue weighted by Crippen LogP contribution is 2.44. The SMILES string of the molecule is Cc1ccc(C)c(OCCc2ccc(C3=C(C(=O)NC4(CCc5ccccc5Cl)CC4)[C@H]4CNCC(C3)N4C(=O)OC(C)(C)C(Cl)(Cl)Cl)cc2)c1C. The zero-order chi connectivity index (χ0) is 37.4. The maximum absolute atomic E-state index is 14.6. The second kappa shape index (κ2) is 15.4. The topological polar surface area (TPSA) is 79.9 Å². The Bertz CT molecular complexity index is 1850. The maximum Gasteiger partial charge on any atom is 0.411 e. The summed E-state index contributed by atoms with van der Waals surface area (Å²) in [5, 5.41) is 7.57. The highest BCUT2D eigenvalue weighted by Gasteiger charge is 2.51. The third kappa shape index (κ3) is 8.39. The van der Waals surface area contributed by atoms with E-state index in [1.807, 2.05) is 24.3 Å². The molecule has 0 radical (unpaired) electrons. The van der Waals surface area contributed by atoms with Crippen molar-refractivity contribution in [2.45, 2.75) is 100 Å². The normalized spacial score (nSPS) is 19.7. The number of aryl methyl sites for hydroxylation is 3. The van der Waals surface area contributed by atoms with Crippen molar-refractivity contribution in [3.05, 3.63) is 105 Å². The number of hydrogen-bond acceptors (Lipinski definition) is 5. The largest absolute Gasteiger partial charge is 0.493 e. The van der Waals surface area contributed by atoms with Gasteiger partial charge in [-0.15, -0.1) is 0 Å². The fourth-order valence-electron chi connectivity index (χ4n) is 7.23. The van der Waals surface area contributed by atoms with Crippen molar-refractivity contribution in [2.75, 3.05) is 19.7 Å². The van der Waals surface area contributed by atoms with E-state index in [4.69, 9.17) is 55.9 Å². The van der Waals surface area contributed by atoms with E-state index in [2.05, 4.69) is 67.8 Å². The number of nitrogens with one attached hydrogen (secondary N) is 2. The zero-order valence-electron chi connectivity index (χ0n) is 30.4. The predicted octanol–water partition coefficient (Wildman–Crippen LogP) is 9.25. The Morgan fingerprint density at radius 3 is 2.31 bits per heavy atom. The molecular formula is C41H47Cl4N3O4. The van der Waals surface area contributed by atoms with Gasteiger partial charge in [-0.25, -0.2) is 4.79 Å². The van der Waals surface area contributed by atoms with Crippen molar-refractivity contribution < 1.29 is 19.1 Å². The number of carbonyl (C=O) groups is 2. The molecule has 3 aromatic rings. The summed E-state index contributed by atoms with van der Waals surface area (Å²) in [6.07, 6.45) is 3.83. The van der Waals surface area contributed by atoms with Crippen molar-refractivity contribution in [1.82, 2.24) is 15.5 Å². The van der Waals surface area contributed by atoms with Crippen molar-refractivity contribution >= 4 is 64.0 Å². The molecule has 1 unspecified atom stereocenters. The molecule has 2 aliphatic heterocycles. The van der Waals surface area contributed by atoms with Crippen molar-refractivity contribution in [3.8, 4) is 5.75 Å². The van der Waals surface area contributed by atoms with Crippen LogP contribution in [0.4, 0.5) is 4.79 Å². The number of benzene rings is 3. The Hall–Kier alpha value is -2.94. The molecule has 2 fully saturated rings. The molecule has 2 N–H and O–H groups in total. The molecule has 6 rings (SSSR count). The first-order chi connectivity index (χ1) is 24.6. The Balaban J connectivity index is 1.27. The molecule has 0 spiro atoms. The van der Waals surface area contributed by atoms with Gasteiger partial charge in [0.2, 0.25) is 9.70 Å². The summed E-state index contributed by atoms with van der Waals surface area (Å²) in [6.45, 7) is 10.9. The number of nitrogens with zero attached hydrogens (tertiary/aromatic N) is 1. The molecular weight excluding hydrogens is 740 g/mol. The van der Waals surface area contributed by atoms with Gasteiger partial charge in [-0.3, -0.25) is 9.69 Å². The fourth-order valence-corrected chi connectivity index (χ4v) is 7.57. The van der Waals surface area contributed by atoms with Crippen LogP contribution in [0.1, 0.15) is 72.9 Å². The minimum Gasteiger partial charge on any atom is -0.493 e. The van der Waals surface area contributed by atoms with Crippen molar-refractivity contribution in [3.63, 3.8) is 0 Å². The minimum absolute atomic E-state index is 0.182. The van der Waals surface area contributed by atoms with Gasteiger partial charge in [0.1, 0.15) is 5.75 Å². The van der Waals surface area contributed by atoms with E-state index in [0.29, 0.717) is 31.7 Å². The van der Waals surface area contributed by atoms with Crippen LogP contribution in [0.2, 0.25) is 5.02 Å². The summed E-state index contributed by atoms with van der Waals surface area (Å²) >= 11 is 25.1. The number of halogens is 4. The number of piperazine rings is 1. The molecule has 2 bridgehead atoms. The second-order valence-electron chi connectivity index (χ2n) is 15.0. The maximum atomic E-state index is 14.6. The molecule has 7 nitrogen and oxygen atoms in total. The number of ether oxygens (including phenoxy) is 2. The van der Waals surface area contributed by atoms with Crippen LogP contribution in [0.15, 0.2) is 66.2 Å². The lowest BCUT2D eigenvalue weighted by Gasteiger charge is -2.48. The minimum atomic E-state index is -1.85. The summed E-state index contributed by atoms with van der Waals surface area (Å²) in [5.41, 5.74) is 6.37. The Kier molecular flexibility index (Phi) is 11.5. The molecule has 2 amide bonds. The first-order valence-electron chi connectivity index (χ1n) is 18.0. The lowest BCUT2D eigenvalue weighted by Crippen LogP contribution is -2.64. The Labute approximate surface area is 327 Å². The van der Waals surface area contributed by atoms with E-state index >= 15 is 0 Å². The van der Waals surface area contributed by atoms with E-state index in [-0.39, 0.29) is 17.5 Å². The summed E-state index contributed by atoms with van der Waals surface area (Å²) in [5.74, 6) is 0.763. The Morgan fingerprint density at radius 1 is 0.942 bits per heavy atom. The Morgan fingerprint density at radius 2 is 1.63 bits per heavy atom. The molecule has 3 aromatic carbocycles. The van der Waals surface area contributed by atoms with Gasteiger partial charge >= 0.3 is 6.09 Å². The third-order valence-electron chi connectivity index (χ3n) is 10.9. The number of amides is 2. The zero-order valence-corrected chi connectivity index (χ0v) is 33.4. The van der Waals surface area contributed by atoms with Crippen LogP contribution < -0.4 is 15.4 Å². The third-order valence-corrected chi connectivity index (χ3v) is 12.6. The fraction of sp³-hybridized carbons (Fsp3) is 0.463. The van der Waals surface area contributed by atoms with E-state index in [1.165, 1.54) is 5.56 Å². The first-order valence-corrected chi connectivity index (χ1v) is 19.5. The molecule has 11 heteroatoms. The predicted molar refractivity (Wildman–Crippen MR) is 211 cm³/mol. The summed E-state index contributed by atoms with van der Waals surface area (Å²) in [7, 11) is 0. The number of hydrogen-bond donors (Lipinski definition) is 2. The van der Waals surface area contributed by atoms with E-state index in [9.17, 15) is 9.59 Å². The average Bonchev–Trinajstić information content (AvgIpc) is 3.85. The van der Waals surface area contributed by atoms with Crippen LogP contribution in [0.5, 0.6) is 5.75 Å². The van der Waals surface area contributed by atoms with Gasteiger partial charge < -0.3 is 20.1 Å². The van der Waals surface area contributed by atoms with Crippen LogP contribution in [0, 0.1) is 20.8 Å². The lowest BCUT2D eigenvalue weighted by molar-refractivity contribution is -0.119. The highest BCUT2D eigenvalue weighted by atomic mass is 35.6. The average molecular weight is 788 g/mol. The summed E-state index contributed by atoms with van der Waals surface area (Å²) in [4.78, 5) is 30.1. The van der Waals surface area contributed by atoms with Crippen LogP contribution >= 0.6 is 46.4 Å². The summed E-state index contributed by atoms with van der Waals surface area (Å²) < 4.78 is 10.2.